The van der Waals surface area contributed by atoms with Crippen molar-refractivity contribution in [1.82, 2.24) is 10.3 Å². The summed E-state index contributed by atoms with van der Waals surface area (Å²) < 4.78 is 0.964. The Kier molecular flexibility index (Phi) is 4.33. The van der Waals surface area contributed by atoms with Gasteiger partial charge >= 0.3 is 0 Å². The van der Waals surface area contributed by atoms with Crippen molar-refractivity contribution in [1.29, 1.82) is 0 Å². The van der Waals surface area contributed by atoms with Gasteiger partial charge < -0.3 is 10.4 Å². The molecule has 0 saturated heterocycles. The predicted octanol–water partition coefficient (Wildman–Crippen LogP) is 3.40. The SMILES string of the molecule is C[C@H](NCc1cc(Br)ccc1O)c1cccnc1. The summed E-state index contributed by atoms with van der Waals surface area (Å²) in [4.78, 5) is 4.10. The predicted molar refractivity (Wildman–Crippen MR) is 75.3 cm³/mol. The van der Waals surface area contributed by atoms with E-state index < -0.39 is 0 Å². The Hall–Kier alpha value is -1.39. The molecule has 2 rings (SSSR count). The van der Waals surface area contributed by atoms with Crippen molar-refractivity contribution in [2.75, 3.05) is 0 Å². The van der Waals surface area contributed by atoms with Crippen LogP contribution in [0.5, 0.6) is 5.75 Å². The fourth-order valence-electron chi connectivity index (χ4n) is 1.71. The minimum atomic E-state index is 0.192. The molecule has 2 aromatic rings. The van der Waals surface area contributed by atoms with E-state index in [1.165, 1.54) is 0 Å². The Bertz CT molecular complexity index is 516. The van der Waals surface area contributed by atoms with E-state index in [2.05, 4.69) is 33.2 Å². The van der Waals surface area contributed by atoms with Gasteiger partial charge in [-0.1, -0.05) is 22.0 Å². The van der Waals surface area contributed by atoms with Crippen LogP contribution in [0.1, 0.15) is 24.1 Å². The lowest BCUT2D eigenvalue weighted by Gasteiger charge is -2.14. The van der Waals surface area contributed by atoms with E-state index in [4.69, 9.17) is 0 Å². The molecule has 0 radical (unpaired) electrons. The molecule has 0 bridgehead atoms. The zero-order valence-electron chi connectivity index (χ0n) is 10.1. The van der Waals surface area contributed by atoms with E-state index in [1.54, 1.807) is 12.3 Å². The summed E-state index contributed by atoms with van der Waals surface area (Å²) in [5.41, 5.74) is 2.01. The minimum absolute atomic E-state index is 0.192. The molecule has 0 saturated carbocycles. The van der Waals surface area contributed by atoms with Crippen LogP contribution < -0.4 is 5.32 Å². The van der Waals surface area contributed by atoms with Gasteiger partial charge in [-0.25, -0.2) is 0 Å². The number of hydrogen-bond donors (Lipinski definition) is 2. The Balaban J connectivity index is 2.01. The quantitative estimate of drug-likeness (QED) is 0.910. The zero-order chi connectivity index (χ0) is 13.0. The summed E-state index contributed by atoms with van der Waals surface area (Å²) in [6.07, 6.45) is 3.61. The molecule has 1 heterocycles. The van der Waals surface area contributed by atoms with Gasteiger partial charge in [0.15, 0.2) is 0 Å². The Morgan fingerprint density at radius 3 is 2.94 bits per heavy atom. The summed E-state index contributed by atoms with van der Waals surface area (Å²) >= 11 is 3.40. The molecule has 0 fully saturated rings. The van der Waals surface area contributed by atoms with E-state index >= 15 is 0 Å². The van der Waals surface area contributed by atoms with E-state index in [9.17, 15) is 5.11 Å². The summed E-state index contributed by atoms with van der Waals surface area (Å²) in [5.74, 6) is 0.309. The molecule has 0 aliphatic carbocycles. The van der Waals surface area contributed by atoms with Gasteiger partial charge in [-0.2, -0.15) is 0 Å². The fourth-order valence-corrected chi connectivity index (χ4v) is 2.12. The van der Waals surface area contributed by atoms with Gasteiger partial charge in [-0.05, 0) is 36.8 Å². The lowest BCUT2D eigenvalue weighted by molar-refractivity contribution is 0.460. The van der Waals surface area contributed by atoms with Crippen molar-refractivity contribution in [3.8, 4) is 5.75 Å². The van der Waals surface area contributed by atoms with Crippen LogP contribution in [0, 0.1) is 0 Å². The van der Waals surface area contributed by atoms with Gasteiger partial charge in [0.25, 0.3) is 0 Å². The molecule has 0 amide bonds. The number of aromatic nitrogens is 1. The third-order valence-corrected chi connectivity index (χ3v) is 3.32. The Morgan fingerprint density at radius 1 is 1.39 bits per heavy atom. The highest BCUT2D eigenvalue weighted by Gasteiger charge is 2.07. The standard InChI is InChI=1S/C14H15BrN2O/c1-10(11-3-2-6-16-8-11)17-9-12-7-13(15)4-5-14(12)18/h2-8,10,17-18H,9H2,1H3/t10-/m0/s1. The smallest absolute Gasteiger partial charge is 0.120 e. The topological polar surface area (TPSA) is 45.1 Å². The third-order valence-electron chi connectivity index (χ3n) is 2.82. The second-order valence-electron chi connectivity index (χ2n) is 4.16. The van der Waals surface area contributed by atoms with Gasteiger partial charge in [-0.15, -0.1) is 0 Å². The van der Waals surface area contributed by atoms with Crippen molar-refractivity contribution in [2.45, 2.75) is 19.5 Å². The summed E-state index contributed by atoms with van der Waals surface area (Å²) in [5, 5.41) is 13.1. The lowest BCUT2D eigenvalue weighted by atomic mass is 10.1. The van der Waals surface area contributed by atoms with Crippen LogP contribution in [0.3, 0.4) is 0 Å². The summed E-state index contributed by atoms with van der Waals surface area (Å²) in [7, 11) is 0. The van der Waals surface area contributed by atoms with Crippen LogP contribution in [-0.2, 0) is 6.54 Å². The monoisotopic (exact) mass is 306 g/mol. The van der Waals surface area contributed by atoms with Gasteiger partial charge in [-0.3, -0.25) is 4.98 Å². The molecule has 0 aliphatic heterocycles. The number of benzene rings is 1. The lowest BCUT2D eigenvalue weighted by Crippen LogP contribution is -2.18. The molecule has 3 nitrogen and oxygen atoms in total. The number of phenols is 1. The van der Waals surface area contributed by atoms with Gasteiger partial charge in [0.05, 0.1) is 0 Å². The largest absolute Gasteiger partial charge is 0.508 e. The maximum atomic E-state index is 9.75. The molecule has 1 aromatic heterocycles. The van der Waals surface area contributed by atoms with Gasteiger partial charge in [0, 0.05) is 35.0 Å². The number of hydrogen-bond acceptors (Lipinski definition) is 3. The highest BCUT2D eigenvalue weighted by molar-refractivity contribution is 9.10. The zero-order valence-corrected chi connectivity index (χ0v) is 11.7. The van der Waals surface area contributed by atoms with Crippen LogP contribution in [0.2, 0.25) is 0 Å². The number of halogens is 1. The van der Waals surface area contributed by atoms with E-state index in [-0.39, 0.29) is 6.04 Å². The van der Waals surface area contributed by atoms with Crippen LogP contribution >= 0.6 is 15.9 Å². The molecule has 0 unspecified atom stereocenters. The highest BCUT2D eigenvalue weighted by Crippen LogP contribution is 2.22. The molecule has 1 atom stereocenters. The molecular weight excluding hydrogens is 292 g/mol. The molecule has 4 heteroatoms. The first-order valence-electron chi connectivity index (χ1n) is 5.77. The summed E-state index contributed by atoms with van der Waals surface area (Å²) in [6, 6.07) is 9.57. The fraction of sp³-hybridized carbons (Fsp3) is 0.214. The number of aromatic hydroxyl groups is 1. The molecule has 1 aromatic carbocycles. The maximum Gasteiger partial charge on any atom is 0.120 e. The molecule has 18 heavy (non-hydrogen) atoms. The summed E-state index contributed by atoms with van der Waals surface area (Å²) in [6.45, 7) is 2.69. The second kappa shape index (κ2) is 5.98. The highest BCUT2D eigenvalue weighted by atomic mass is 79.9. The average molecular weight is 307 g/mol. The van der Waals surface area contributed by atoms with Crippen LogP contribution in [0.25, 0.3) is 0 Å². The van der Waals surface area contributed by atoms with Crippen molar-refractivity contribution in [2.24, 2.45) is 0 Å². The van der Waals surface area contributed by atoms with E-state index in [1.807, 2.05) is 30.5 Å². The second-order valence-corrected chi connectivity index (χ2v) is 5.08. The van der Waals surface area contributed by atoms with Crippen LogP contribution in [0.15, 0.2) is 47.2 Å². The van der Waals surface area contributed by atoms with Gasteiger partial charge in [0.2, 0.25) is 0 Å². The average Bonchev–Trinajstić information content (AvgIpc) is 2.40. The first-order chi connectivity index (χ1) is 8.66. The Labute approximate surface area is 115 Å². The maximum absolute atomic E-state index is 9.75. The number of nitrogens with zero attached hydrogens (tertiary/aromatic N) is 1. The Morgan fingerprint density at radius 2 is 2.22 bits per heavy atom. The normalized spacial score (nSPS) is 12.3. The van der Waals surface area contributed by atoms with Crippen LogP contribution in [0.4, 0.5) is 0 Å². The van der Waals surface area contributed by atoms with Crippen molar-refractivity contribution >= 4 is 15.9 Å². The van der Waals surface area contributed by atoms with Crippen LogP contribution in [-0.4, -0.2) is 10.1 Å². The first kappa shape index (κ1) is 13.1. The van der Waals surface area contributed by atoms with Gasteiger partial charge in [0.1, 0.15) is 5.75 Å². The molecule has 0 spiro atoms. The molecule has 94 valence electrons. The first-order valence-corrected chi connectivity index (χ1v) is 6.57. The van der Waals surface area contributed by atoms with Crippen molar-refractivity contribution in [3.05, 3.63) is 58.3 Å². The van der Waals surface area contributed by atoms with E-state index in [0.717, 1.165) is 15.6 Å². The molecular formula is C14H15BrN2O. The number of pyridine rings is 1. The molecule has 2 N–H and O–H groups in total. The third kappa shape index (κ3) is 3.31. The van der Waals surface area contributed by atoms with Crippen molar-refractivity contribution in [3.63, 3.8) is 0 Å². The van der Waals surface area contributed by atoms with Crippen molar-refractivity contribution < 1.29 is 5.11 Å². The number of phenolic OH excluding ortho intramolecular Hbond substituents is 1. The number of nitrogens with one attached hydrogen (secondary N) is 1. The minimum Gasteiger partial charge on any atom is -0.508 e. The molecule has 0 aliphatic rings. The number of rotatable bonds is 4. The van der Waals surface area contributed by atoms with E-state index in [0.29, 0.717) is 12.3 Å².